The van der Waals surface area contributed by atoms with Crippen LogP contribution >= 0.6 is 0 Å². The minimum Gasteiger partial charge on any atom is -0.465 e. The van der Waals surface area contributed by atoms with Crippen LogP contribution in [0.3, 0.4) is 0 Å². The average molecular weight is 391 g/mol. The Balaban J connectivity index is 2.21. The van der Waals surface area contributed by atoms with Gasteiger partial charge in [0.25, 0.3) is 6.17 Å². The number of methoxy groups -OCH3 is 2. The fourth-order valence-corrected chi connectivity index (χ4v) is 2.93. The maximum Gasteiger partial charge on any atom is 0.390 e. The molecule has 0 bridgehead atoms. The molecule has 2 rings (SSSR count). The van der Waals surface area contributed by atoms with Gasteiger partial charge in [0.1, 0.15) is 6.23 Å². The molecular weight excluding hydrogens is 371 g/mol. The Bertz CT molecular complexity index is 668. The number of benzene rings is 1. The molecule has 1 heterocycles. The molecule has 11 heteroatoms. The number of nitro groups is 1. The van der Waals surface area contributed by atoms with E-state index in [9.17, 15) is 28.1 Å². The Morgan fingerprint density at radius 3 is 2.37 bits per heavy atom. The zero-order valence-corrected chi connectivity index (χ0v) is 14.8. The Morgan fingerprint density at radius 1 is 1.26 bits per heavy atom. The molecule has 0 aliphatic carbocycles. The number of ether oxygens (including phenoxy) is 2. The maximum absolute atomic E-state index is 12.5. The van der Waals surface area contributed by atoms with Gasteiger partial charge in [0, 0.05) is 24.3 Å². The smallest absolute Gasteiger partial charge is 0.390 e. The number of piperazine rings is 1. The number of alkyl halides is 3. The lowest BCUT2D eigenvalue weighted by molar-refractivity contribution is -0.526. The lowest BCUT2D eigenvalue weighted by atomic mass is 10.1. The Morgan fingerprint density at radius 2 is 1.89 bits per heavy atom. The average Bonchev–Trinajstić information content (AvgIpc) is 2.64. The number of nitrogens with zero attached hydrogens (tertiary/aromatic N) is 3. The minimum atomic E-state index is -4.36. The molecular formula is C16H20F3N3O5. The number of anilines is 1. The number of hydrogen-bond donors (Lipinski definition) is 0. The van der Waals surface area contributed by atoms with E-state index in [0.717, 1.165) is 0 Å². The molecule has 0 saturated carbocycles. The summed E-state index contributed by atoms with van der Waals surface area (Å²) in [4.78, 5) is 25.2. The number of carbonyl (C=O) groups is 1. The molecule has 1 aliphatic heterocycles. The van der Waals surface area contributed by atoms with Crippen LogP contribution in [0.25, 0.3) is 0 Å². The fourth-order valence-electron chi connectivity index (χ4n) is 2.93. The minimum absolute atomic E-state index is 0.0115. The third-order valence-electron chi connectivity index (χ3n) is 4.34. The van der Waals surface area contributed by atoms with Gasteiger partial charge in [-0.05, 0) is 24.3 Å². The second-order valence-corrected chi connectivity index (χ2v) is 6.01. The Hall–Kier alpha value is -2.40. The Kier molecular flexibility index (Phi) is 6.60. The second kappa shape index (κ2) is 8.53. The predicted molar refractivity (Wildman–Crippen MR) is 89.0 cm³/mol. The van der Waals surface area contributed by atoms with E-state index in [-0.39, 0.29) is 25.2 Å². The van der Waals surface area contributed by atoms with Gasteiger partial charge in [0.2, 0.25) is 0 Å². The normalized spacial score (nSPS) is 21.1. The van der Waals surface area contributed by atoms with Gasteiger partial charge in [-0.1, -0.05) is 0 Å². The van der Waals surface area contributed by atoms with Crippen LogP contribution in [-0.2, 0) is 9.47 Å². The monoisotopic (exact) mass is 391 g/mol. The van der Waals surface area contributed by atoms with Crippen LogP contribution in [0.2, 0.25) is 0 Å². The first-order chi connectivity index (χ1) is 12.7. The molecule has 27 heavy (non-hydrogen) atoms. The highest BCUT2D eigenvalue weighted by Crippen LogP contribution is 2.27. The topological polar surface area (TPSA) is 85.1 Å². The van der Waals surface area contributed by atoms with E-state index in [1.54, 1.807) is 0 Å². The van der Waals surface area contributed by atoms with Crippen molar-refractivity contribution in [3.8, 4) is 0 Å². The van der Waals surface area contributed by atoms with Crippen molar-refractivity contribution in [2.75, 3.05) is 38.8 Å². The van der Waals surface area contributed by atoms with Gasteiger partial charge in [-0.3, -0.25) is 15.0 Å². The molecule has 0 amide bonds. The molecule has 0 spiro atoms. The van der Waals surface area contributed by atoms with Crippen LogP contribution in [-0.4, -0.2) is 68.2 Å². The molecule has 1 aromatic rings. The van der Waals surface area contributed by atoms with Gasteiger partial charge in [-0.2, -0.15) is 13.2 Å². The molecule has 2 atom stereocenters. The van der Waals surface area contributed by atoms with E-state index < -0.39 is 35.9 Å². The van der Waals surface area contributed by atoms with Crippen molar-refractivity contribution in [3.63, 3.8) is 0 Å². The molecule has 2 unspecified atom stereocenters. The Labute approximate surface area is 153 Å². The number of esters is 1. The lowest BCUT2D eigenvalue weighted by Crippen LogP contribution is -2.62. The highest BCUT2D eigenvalue weighted by atomic mass is 19.4. The van der Waals surface area contributed by atoms with Gasteiger partial charge in [0.15, 0.2) is 0 Å². The summed E-state index contributed by atoms with van der Waals surface area (Å²) in [5, 5.41) is 11.5. The van der Waals surface area contributed by atoms with Crippen molar-refractivity contribution in [2.45, 2.75) is 25.0 Å². The van der Waals surface area contributed by atoms with Crippen LogP contribution in [0.4, 0.5) is 18.9 Å². The highest BCUT2D eigenvalue weighted by molar-refractivity contribution is 5.89. The van der Waals surface area contributed by atoms with Gasteiger partial charge < -0.3 is 14.4 Å². The summed E-state index contributed by atoms with van der Waals surface area (Å²) in [6, 6.07) is 5.99. The first kappa shape index (κ1) is 20.9. The molecule has 0 aromatic heterocycles. The zero-order chi connectivity index (χ0) is 20.2. The molecule has 1 aliphatic rings. The summed E-state index contributed by atoms with van der Waals surface area (Å²) in [5.74, 6) is -0.542. The van der Waals surface area contributed by atoms with E-state index in [0.29, 0.717) is 5.69 Å². The van der Waals surface area contributed by atoms with Crippen LogP contribution in [0.1, 0.15) is 16.8 Å². The molecule has 1 aromatic carbocycles. The highest BCUT2D eigenvalue weighted by Gasteiger charge is 2.42. The largest absolute Gasteiger partial charge is 0.465 e. The molecule has 0 radical (unpaired) electrons. The third kappa shape index (κ3) is 5.30. The number of carbonyl (C=O) groups excluding carboxylic acids is 1. The fraction of sp³-hybridized carbons (Fsp3) is 0.562. The van der Waals surface area contributed by atoms with Crippen molar-refractivity contribution in [2.24, 2.45) is 0 Å². The van der Waals surface area contributed by atoms with Crippen LogP contribution in [0.15, 0.2) is 24.3 Å². The quantitative estimate of drug-likeness (QED) is 0.417. The van der Waals surface area contributed by atoms with E-state index >= 15 is 0 Å². The number of hydrogen-bond acceptors (Lipinski definition) is 7. The van der Waals surface area contributed by atoms with Crippen LogP contribution in [0.5, 0.6) is 0 Å². The third-order valence-corrected chi connectivity index (χ3v) is 4.34. The summed E-state index contributed by atoms with van der Waals surface area (Å²) >= 11 is 0. The molecule has 1 fully saturated rings. The van der Waals surface area contributed by atoms with Crippen molar-refractivity contribution in [1.82, 2.24) is 4.90 Å². The summed E-state index contributed by atoms with van der Waals surface area (Å²) in [5.41, 5.74) is 0.743. The molecule has 150 valence electrons. The van der Waals surface area contributed by atoms with Gasteiger partial charge >= 0.3 is 12.1 Å². The van der Waals surface area contributed by atoms with Crippen LogP contribution in [0, 0.1) is 10.1 Å². The van der Waals surface area contributed by atoms with Gasteiger partial charge in [-0.25, -0.2) is 4.79 Å². The second-order valence-electron chi connectivity index (χ2n) is 6.01. The molecule has 1 saturated heterocycles. The standard InChI is InChI=1S/C16H20F3N3O5/c1-26-14-10-21(12-5-3-11(4-6-12)15(23)27-2)13(22(24)25)9-20(14)8-7-16(17,18)19/h3-6,13-14H,7-10H2,1-2H3. The SMILES string of the molecule is COC(=O)c1ccc(N2CC(OC)N(CCC(F)(F)F)CC2[N+](=O)[O-])cc1. The first-order valence-electron chi connectivity index (χ1n) is 8.08. The van der Waals surface area contributed by atoms with Crippen molar-refractivity contribution >= 4 is 11.7 Å². The van der Waals surface area contributed by atoms with Gasteiger partial charge in [-0.15, -0.1) is 0 Å². The molecule has 8 nitrogen and oxygen atoms in total. The lowest BCUT2D eigenvalue weighted by Gasteiger charge is -2.42. The molecule has 0 N–H and O–H groups in total. The van der Waals surface area contributed by atoms with E-state index in [1.807, 2.05) is 0 Å². The van der Waals surface area contributed by atoms with E-state index in [1.165, 1.54) is 48.3 Å². The summed E-state index contributed by atoms with van der Waals surface area (Å²) in [6.45, 7) is -0.598. The van der Waals surface area contributed by atoms with E-state index in [4.69, 9.17) is 4.74 Å². The van der Waals surface area contributed by atoms with E-state index in [2.05, 4.69) is 4.74 Å². The predicted octanol–water partition coefficient (Wildman–Crippen LogP) is 2.12. The summed E-state index contributed by atoms with van der Waals surface area (Å²) < 4.78 is 47.4. The zero-order valence-electron chi connectivity index (χ0n) is 14.8. The maximum atomic E-state index is 12.5. The first-order valence-corrected chi connectivity index (χ1v) is 8.08. The van der Waals surface area contributed by atoms with Crippen molar-refractivity contribution in [1.29, 1.82) is 0 Å². The van der Waals surface area contributed by atoms with Crippen molar-refractivity contribution < 1.29 is 32.4 Å². The van der Waals surface area contributed by atoms with Crippen molar-refractivity contribution in [3.05, 3.63) is 39.9 Å². The van der Waals surface area contributed by atoms with Gasteiger partial charge in [0.05, 0.1) is 32.2 Å². The summed E-state index contributed by atoms with van der Waals surface area (Å²) in [6.07, 6.45) is -7.41. The van der Waals surface area contributed by atoms with Crippen LogP contribution < -0.4 is 4.90 Å². The summed E-state index contributed by atoms with van der Waals surface area (Å²) in [7, 11) is 2.58. The number of rotatable bonds is 6. The number of halogens is 3.